The number of aromatic nitrogens is 1. The highest BCUT2D eigenvalue weighted by molar-refractivity contribution is 6.04. The van der Waals surface area contributed by atoms with E-state index >= 15 is 0 Å². The summed E-state index contributed by atoms with van der Waals surface area (Å²) in [6.45, 7) is 2.73. The number of methoxy groups -OCH3 is 1. The quantitative estimate of drug-likeness (QED) is 0.839. The molecule has 1 N–H and O–H groups in total. The van der Waals surface area contributed by atoms with Crippen LogP contribution in [0.5, 0.6) is 5.75 Å². The molecule has 1 heterocycles. The van der Waals surface area contributed by atoms with Gasteiger partial charge in [-0.1, -0.05) is 31.5 Å². The number of hydrogen-bond donors (Lipinski definition) is 1. The van der Waals surface area contributed by atoms with Crippen molar-refractivity contribution in [2.24, 2.45) is 0 Å². The number of hydrogen-bond acceptors (Lipinski definition) is 4. The molecule has 2 rings (SSSR count). The molecule has 1 aromatic carbocycles. The van der Waals surface area contributed by atoms with E-state index < -0.39 is 5.91 Å². The summed E-state index contributed by atoms with van der Waals surface area (Å²) < 4.78 is 5.22. The number of para-hydroxylation sites is 2. The van der Waals surface area contributed by atoms with Gasteiger partial charge in [0, 0.05) is 13.6 Å². The summed E-state index contributed by atoms with van der Waals surface area (Å²) in [6.07, 6.45) is 1.93. The lowest BCUT2D eigenvalue weighted by molar-refractivity contribution is 0.0787. The van der Waals surface area contributed by atoms with E-state index in [0.717, 1.165) is 12.8 Å². The third-order valence-electron chi connectivity index (χ3n) is 3.75. The zero-order valence-electron chi connectivity index (χ0n) is 14.8. The van der Waals surface area contributed by atoms with Gasteiger partial charge >= 0.3 is 0 Å². The van der Waals surface area contributed by atoms with Crippen LogP contribution in [-0.2, 0) is 0 Å². The number of carbonyl (C=O) groups excluding carboxylic acids is 2. The number of anilines is 1. The van der Waals surface area contributed by atoms with Crippen molar-refractivity contribution in [3.63, 3.8) is 0 Å². The Labute approximate surface area is 147 Å². The summed E-state index contributed by atoms with van der Waals surface area (Å²) in [6, 6.07) is 12.0. The summed E-state index contributed by atoms with van der Waals surface area (Å²) in [5.41, 5.74) is 0.987. The molecule has 0 bridgehead atoms. The molecule has 0 aliphatic carbocycles. The fraction of sp³-hybridized carbons (Fsp3) is 0.316. The third kappa shape index (κ3) is 4.79. The van der Waals surface area contributed by atoms with Crippen LogP contribution in [0.1, 0.15) is 40.7 Å². The van der Waals surface area contributed by atoms with Crippen LogP contribution in [0.2, 0.25) is 0 Å². The SMILES string of the molecule is CCCCN(C)C(=O)c1cccc(C(=O)Nc2ccccc2OC)n1. The second kappa shape index (κ2) is 8.82. The fourth-order valence-electron chi connectivity index (χ4n) is 2.31. The van der Waals surface area contributed by atoms with Crippen molar-refractivity contribution in [3.05, 3.63) is 53.9 Å². The van der Waals surface area contributed by atoms with Gasteiger partial charge in [0.05, 0.1) is 12.8 Å². The molecule has 0 unspecified atom stereocenters. The number of unbranched alkanes of at least 4 members (excludes halogenated alkanes) is 1. The molecule has 0 radical (unpaired) electrons. The Balaban J connectivity index is 2.15. The molecule has 25 heavy (non-hydrogen) atoms. The number of ether oxygens (including phenoxy) is 1. The molecule has 1 aromatic heterocycles. The Hall–Kier alpha value is -2.89. The van der Waals surface area contributed by atoms with Crippen LogP contribution in [0.3, 0.4) is 0 Å². The minimum Gasteiger partial charge on any atom is -0.495 e. The largest absolute Gasteiger partial charge is 0.495 e. The smallest absolute Gasteiger partial charge is 0.274 e. The van der Waals surface area contributed by atoms with Crippen molar-refractivity contribution in [2.45, 2.75) is 19.8 Å². The number of carbonyl (C=O) groups is 2. The maximum Gasteiger partial charge on any atom is 0.274 e. The first-order valence-electron chi connectivity index (χ1n) is 8.23. The van der Waals surface area contributed by atoms with E-state index in [4.69, 9.17) is 4.74 Å². The lowest BCUT2D eigenvalue weighted by Crippen LogP contribution is -2.29. The van der Waals surface area contributed by atoms with Crippen molar-refractivity contribution in [1.29, 1.82) is 0 Å². The molecule has 0 saturated carbocycles. The highest BCUT2D eigenvalue weighted by Crippen LogP contribution is 2.23. The fourth-order valence-corrected chi connectivity index (χ4v) is 2.31. The van der Waals surface area contributed by atoms with E-state index in [1.807, 2.05) is 6.07 Å². The van der Waals surface area contributed by atoms with Crippen LogP contribution < -0.4 is 10.1 Å². The van der Waals surface area contributed by atoms with Crippen LogP contribution in [0.4, 0.5) is 5.69 Å². The minimum absolute atomic E-state index is 0.181. The van der Waals surface area contributed by atoms with Crippen molar-refractivity contribution in [3.8, 4) is 5.75 Å². The van der Waals surface area contributed by atoms with Crippen molar-refractivity contribution in [2.75, 3.05) is 26.0 Å². The van der Waals surface area contributed by atoms with Crippen molar-refractivity contribution >= 4 is 17.5 Å². The molecule has 132 valence electrons. The maximum absolute atomic E-state index is 12.4. The molecule has 6 nitrogen and oxygen atoms in total. The number of rotatable bonds is 7. The number of nitrogens with zero attached hydrogens (tertiary/aromatic N) is 2. The molecule has 2 aromatic rings. The molecule has 0 aliphatic rings. The second-order valence-electron chi connectivity index (χ2n) is 5.64. The van der Waals surface area contributed by atoms with Crippen LogP contribution in [0.15, 0.2) is 42.5 Å². The second-order valence-corrected chi connectivity index (χ2v) is 5.64. The van der Waals surface area contributed by atoms with Gasteiger partial charge in [-0.2, -0.15) is 0 Å². The number of amides is 2. The average molecular weight is 341 g/mol. The Bertz CT molecular complexity index is 746. The molecule has 0 spiro atoms. The van der Waals surface area contributed by atoms with Gasteiger partial charge < -0.3 is 15.0 Å². The summed E-state index contributed by atoms with van der Waals surface area (Å²) in [5, 5.41) is 2.76. The Morgan fingerprint density at radius 1 is 1.12 bits per heavy atom. The van der Waals surface area contributed by atoms with Gasteiger partial charge in [-0.15, -0.1) is 0 Å². The molecule has 0 atom stereocenters. The first-order chi connectivity index (χ1) is 12.1. The van der Waals surface area contributed by atoms with Gasteiger partial charge in [0.25, 0.3) is 11.8 Å². The van der Waals surface area contributed by atoms with Gasteiger partial charge in [0.15, 0.2) is 0 Å². The van der Waals surface area contributed by atoms with Gasteiger partial charge in [-0.05, 0) is 30.7 Å². The molecule has 2 amide bonds. The van der Waals surface area contributed by atoms with E-state index in [1.54, 1.807) is 48.3 Å². The first-order valence-corrected chi connectivity index (χ1v) is 8.23. The monoisotopic (exact) mass is 341 g/mol. The molecule has 6 heteroatoms. The predicted molar refractivity (Wildman–Crippen MR) is 97.1 cm³/mol. The molecular formula is C19H23N3O3. The van der Waals surface area contributed by atoms with E-state index in [1.165, 1.54) is 7.11 Å². The highest BCUT2D eigenvalue weighted by Gasteiger charge is 2.16. The highest BCUT2D eigenvalue weighted by atomic mass is 16.5. The Kier molecular flexibility index (Phi) is 6.51. The predicted octanol–water partition coefficient (Wildman–Crippen LogP) is 3.21. The summed E-state index contributed by atoms with van der Waals surface area (Å²) in [5.74, 6) is -0.0295. The van der Waals surface area contributed by atoms with E-state index in [9.17, 15) is 9.59 Å². The third-order valence-corrected chi connectivity index (χ3v) is 3.75. The molecule has 0 aliphatic heterocycles. The van der Waals surface area contributed by atoms with Gasteiger partial charge in [0.2, 0.25) is 0 Å². The minimum atomic E-state index is -0.393. The number of nitrogens with one attached hydrogen (secondary N) is 1. The van der Waals surface area contributed by atoms with Crippen LogP contribution in [-0.4, -0.2) is 42.4 Å². The van der Waals surface area contributed by atoms with Crippen LogP contribution in [0.25, 0.3) is 0 Å². The van der Waals surface area contributed by atoms with Gasteiger partial charge in [-0.25, -0.2) is 4.98 Å². The summed E-state index contributed by atoms with van der Waals surface area (Å²) >= 11 is 0. The maximum atomic E-state index is 12.4. The normalized spacial score (nSPS) is 10.2. The van der Waals surface area contributed by atoms with Crippen LogP contribution >= 0.6 is 0 Å². The van der Waals surface area contributed by atoms with Crippen molar-refractivity contribution in [1.82, 2.24) is 9.88 Å². The van der Waals surface area contributed by atoms with E-state index in [-0.39, 0.29) is 17.3 Å². The Morgan fingerprint density at radius 3 is 2.56 bits per heavy atom. The summed E-state index contributed by atoms with van der Waals surface area (Å²) in [4.78, 5) is 30.7. The topological polar surface area (TPSA) is 71.5 Å². The van der Waals surface area contributed by atoms with Gasteiger partial charge in [0.1, 0.15) is 17.1 Å². The Morgan fingerprint density at radius 2 is 1.84 bits per heavy atom. The van der Waals surface area contributed by atoms with E-state index in [2.05, 4.69) is 17.2 Å². The lowest BCUT2D eigenvalue weighted by Gasteiger charge is -2.16. The lowest BCUT2D eigenvalue weighted by atomic mass is 10.2. The molecule has 0 fully saturated rings. The summed E-state index contributed by atoms with van der Waals surface area (Å²) in [7, 11) is 3.27. The van der Waals surface area contributed by atoms with Crippen LogP contribution in [0, 0.1) is 0 Å². The van der Waals surface area contributed by atoms with Crippen molar-refractivity contribution < 1.29 is 14.3 Å². The zero-order valence-corrected chi connectivity index (χ0v) is 14.8. The molecular weight excluding hydrogens is 318 g/mol. The standard InChI is InChI=1S/C19H23N3O3/c1-4-5-13-22(2)19(24)16-11-8-10-15(20-16)18(23)21-14-9-6-7-12-17(14)25-3/h6-12H,4-5,13H2,1-3H3,(H,21,23). The number of benzene rings is 1. The number of pyridine rings is 1. The average Bonchev–Trinajstić information content (AvgIpc) is 2.65. The zero-order chi connectivity index (χ0) is 18.2. The van der Waals surface area contributed by atoms with Gasteiger partial charge in [-0.3, -0.25) is 9.59 Å². The first kappa shape index (κ1) is 18.4. The van der Waals surface area contributed by atoms with E-state index in [0.29, 0.717) is 18.0 Å². The molecule has 0 saturated heterocycles.